The number of benzene rings is 3. The molecule has 140 valence electrons. The highest BCUT2D eigenvalue weighted by atomic mass is 31.2. The summed E-state index contributed by atoms with van der Waals surface area (Å²) in [6, 6.07) is 27.4. The Morgan fingerprint density at radius 1 is 0.741 bits per heavy atom. The Kier molecular flexibility index (Phi) is 8.00. The lowest BCUT2D eigenvalue weighted by atomic mass is 10.2. The van der Waals surface area contributed by atoms with Gasteiger partial charge in [0.1, 0.15) is 7.14 Å². The summed E-state index contributed by atoms with van der Waals surface area (Å²) < 4.78 is 13.3. The van der Waals surface area contributed by atoms with E-state index in [4.69, 9.17) is 10.2 Å². The van der Waals surface area contributed by atoms with Crippen LogP contribution >= 0.6 is 7.14 Å². The van der Waals surface area contributed by atoms with Crippen LogP contribution in [0.25, 0.3) is 0 Å². The zero-order valence-electron chi connectivity index (χ0n) is 14.9. The van der Waals surface area contributed by atoms with Crippen LogP contribution in [0.3, 0.4) is 0 Å². The number of hydrogen-bond acceptors (Lipinski definition) is 3. The van der Waals surface area contributed by atoms with Crippen LogP contribution in [-0.2, 0) is 4.57 Å². The van der Waals surface area contributed by atoms with Gasteiger partial charge in [-0.05, 0) is 18.6 Å². The van der Waals surface area contributed by atoms with Crippen molar-refractivity contribution in [1.82, 2.24) is 0 Å². The van der Waals surface area contributed by atoms with Crippen LogP contribution in [0.4, 0.5) is 0 Å². The third-order valence-corrected chi connectivity index (χ3v) is 7.21. The molecule has 2 N–H and O–H groups in total. The summed E-state index contributed by atoms with van der Waals surface area (Å²) >= 11 is 0. The molecule has 3 aromatic rings. The molecule has 3 aromatic carbocycles. The summed E-state index contributed by atoms with van der Waals surface area (Å²) in [6.45, 7) is 0.0731. The minimum atomic E-state index is -2.60. The second-order valence-electron chi connectivity index (χ2n) is 5.88. The molecule has 0 bridgehead atoms. The first-order valence-electron chi connectivity index (χ1n) is 8.67. The lowest BCUT2D eigenvalue weighted by Gasteiger charge is -2.18. The van der Waals surface area contributed by atoms with Crippen molar-refractivity contribution in [3.63, 3.8) is 0 Å². The molecule has 0 saturated heterocycles. The summed E-state index contributed by atoms with van der Waals surface area (Å²) in [5.41, 5.74) is 0.331. The third-order valence-electron chi connectivity index (χ3n) is 4.00. The second kappa shape index (κ2) is 10.5. The smallest absolute Gasteiger partial charge is 0.335 e. The van der Waals surface area contributed by atoms with Gasteiger partial charge in [0.15, 0.2) is 0 Å². The van der Waals surface area contributed by atoms with Crippen LogP contribution in [0, 0.1) is 0 Å². The summed E-state index contributed by atoms with van der Waals surface area (Å²) in [5.74, 6) is -0.879. The predicted octanol–water partition coefficient (Wildman–Crippen LogP) is 3.77. The van der Waals surface area contributed by atoms with Crippen molar-refractivity contribution < 1.29 is 19.6 Å². The molecule has 0 amide bonds. The first-order chi connectivity index (χ1) is 13.1. The number of carboxylic acid groups (broad SMARTS) is 1. The average molecular weight is 382 g/mol. The fraction of sp³-hybridized carbons (Fsp3) is 0.136. The van der Waals surface area contributed by atoms with E-state index in [2.05, 4.69) is 0 Å². The van der Waals surface area contributed by atoms with Gasteiger partial charge in [0, 0.05) is 23.4 Å². The molecule has 0 aliphatic heterocycles. The molecule has 5 heteroatoms. The van der Waals surface area contributed by atoms with Crippen molar-refractivity contribution in [2.24, 2.45) is 0 Å². The van der Waals surface area contributed by atoms with Crippen LogP contribution in [0.2, 0.25) is 0 Å². The van der Waals surface area contributed by atoms with Gasteiger partial charge in [0.2, 0.25) is 0 Å². The van der Waals surface area contributed by atoms with Gasteiger partial charge in [-0.25, -0.2) is 4.79 Å². The average Bonchev–Trinajstić information content (AvgIpc) is 2.74. The molecule has 0 heterocycles. The Hall–Kier alpha value is -2.68. The number of rotatable bonds is 6. The van der Waals surface area contributed by atoms with Gasteiger partial charge in [0.25, 0.3) is 0 Å². The zero-order chi connectivity index (χ0) is 19.5. The van der Waals surface area contributed by atoms with Gasteiger partial charge in [-0.2, -0.15) is 0 Å². The molecule has 0 spiro atoms. The molecule has 0 aliphatic carbocycles. The maximum absolute atomic E-state index is 13.3. The highest BCUT2D eigenvalue weighted by Crippen LogP contribution is 2.43. The van der Waals surface area contributed by atoms with Gasteiger partial charge < -0.3 is 14.8 Å². The number of aliphatic hydroxyl groups excluding tert-OH is 1. The normalized spacial score (nSPS) is 10.6. The predicted molar refractivity (Wildman–Crippen MR) is 110 cm³/mol. The van der Waals surface area contributed by atoms with Crippen molar-refractivity contribution >= 4 is 23.7 Å². The Morgan fingerprint density at radius 3 is 1.48 bits per heavy atom. The second-order valence-corrected chi connectivity index (χ2v) is 8.84. The topological polar surface area (TPSA) is 74.6 Å². The number of aliphatic hydroxyl groups is 1. The van der Waals surface area contributed by atoms with Crippen LogP contribution in [-0.4, -0.2) is 29.0 Å². The van der Waals surface area contributed by atoms with E-state index in [-0.39, 0.29) is 6.61 Å². The minimum Gasteiger partial charge on any atom is -0.478 e. The number of carbonyl (C=O) groups is 1. The fourth-order valence-electron chi connectivity index (χ4n) is 2.62. The Balaban J connectivity index is 0.000000244. The van der Waals surface area contributed by atoms with Crippen LogP contribution < -0.4 is 10.6 Å². The molecule has 0 aliphatic rings. The number of aromatic carboxylic acids is 1. The van der Waals surface area contributed by atoms with Gasteiger partial charge in [-0.3, -0.25) is 0 Å². The molecule has 0 unspecified atom stereocenters. The first kappa shape index (κ1) is 20.6. The van der Waals surface area contributed by atoms with E-state index >= 15 is 0 Å². The number of carboxylic acids is 1. The highest BCUT2D eigenvalue weighted by Gasteiger charge is 2.25. The fourth-order valence-corrected chi connectivity index (χ4v) is 5.33. The molecule has 0 saturated carbocycles. The van der Waals surface area contributed by atoms with Crippen LogP contribution in [0.15, 0.2) is 91.0 Å². The van der Waals surface area contributed by atoms with Crippen molar-refractivity contribution in [2.45, 2.75) is 6.42 Å². The molecule has 0 radical (unpaired) electrons. The zero-order valence-corrected chi connectivity index (χ0v) is 15.8. The molecule has 0 fully saturated rings. The van der Waals surface area contributed by atoms with E-state index < -0.39 is 13.1 Å². The van der Waals surface area contributed by atoms with E-state index in [0.29, 0.717) is 18.1 Å². The Morgan fingerprint density at radius 2 is 1.15 bits per heavy atom. The van der Waals surface area contributed by atoms with Gasteiger partial charge in [0.05, 0.1) is 5.56 Å². The number of hydrogen-bond donors (Lipinski definition) is 2. The SMILES string of the molecule is O=C(O)c1ccccc1.O=P(CCCO)(c1ccccc1)c1ccccc1. The molecule has 27 heavy (non-hydrogen) atoms. The highest BCUT2D eigenvalue weighted by molar-refractivity contribution is 7.78. The summed E-state index contributed by atoms with van der Waals surface area (Å²) in [4.78, 5) is 10.2. The van der Waals surface area contributed by atoms with Crippen molar-refractivity contribution in [2.75, 3.05) is 12.8 Å². The van der Waals surface area contributed by atoms with E-state index in [1.54, 1.807) is 30.3 Å². The lowest BCUT2D eigenvalue weighted by molar-refractivity contribution is 0.0697. The monoisotopic (exact) mass is 382 g/mol. The molecular formula is C22H23O4P. The summed E-state index contributed by atoms with van der Waals surface area (Å²) in [7, 11) is -2.60. The molecule has 4 nitrogen and oxygen atoms in total. The first-order valence-corrected chi connectivity index (χ1v) is 10.6. The maximum Gasteiger partial charge on any atom is 0.335 e. The maximum atomic E-state index is 13.3. The molecular weight excluding hydrogens is 359 g/mol. The lowest BCUT2D eigenvalue weighted by Crippen LogP contribution is -2.18. The molecule has 0 atom stereocenters. The van der Waals surface area contributed by atoms with Crippen LogP contribution in [0.1, 0.15) is 16.8 Å². The van der Waals surface area contributed by atoms with Gasteiger partial charge in [-0.15, -0.1) is 0 Å². The van der Waals surface area contributed by atoms with Gasteiger partial charge >= 0.3 is 5.97 Å². The third kappa shape index (κ3) is 5.92. The van der Waals surface area contributed by atoms with Crippen LogP contribution in [0.5, 0.6) is 0 Å². The Labute approximate surface area is 159 Å². The standard InChI is InChI=1S/C15H17O2P.C7H6O2/c16-12-7-13-18(17,14-8-3-1-4-9-14)15-10-5-2-6-11-15;8-7(9)6-4-2-1-3-5-6/h1-6,8-11,16H,7,12-13H2;1-5H,(H,8,9). The molecule has 0 aromatic heterocycles. The minimum absolute atomic E-state index is 0.0731. The van der Waals surface area contributed by atoms with Crippen molar-refractivity contribution in [3.8, 4) is 0 Å². The Bertz CT molecular complexity index is 821. The van der Waals surface area contributed by atoms with Crippen molar-refractivity contribution in [1.29, 1.82) is 0 Å². The van der Waals surface area contributed by atoms with E-state index in [9.17, 15) is 9.36 Å². The quantitative estimate of drug-likeness (QED) is 0.637. The van der Waals surface area contributed by atoms with E-state index in [1.165, 1.54) is 0 Å². The molecule has 3 rings (SSSR count). The largest absolute Gasteiger partial charge is 0.478 e. The van der Waals surface area contributed by atoms with E-state index in [0.717, 1.165) is 10.6 Å². The summed E-state index contributed by atoms with van der Waals surface area (Å²) in [6.07, 6.45) is 1.07. The van der Waals surface area contributed by atoms with E-state index in [1.807, 2.05) is 60.7 Å². The summed E-state index contributed by atoms with van der Waals surface area (Å²) in [5, 5.41) is 19.1. The van der Waals surface area contributed by atoms with Crippen molar-refractivity contribution in [3.05, 3.63) is 96.6 Å². The van der Waals surface area contributed by atoms with Gasteiger partial charge in [-0.1, -0.05) is 78.9 Å².